The molecule has 27 heavy (non-hydrogen) atoms. The predicted molar refractivity (Wildman–Crippen MR) is 99.8 cm³/mol. The molecule has 142 valence electrons. The molecule has 1 heterocycles. The Balaban J connectivity index is 1.76. The van der Waals surface area contributed by atoms with Crippen LogP contribution in [0.1, 0.15) is 12.5 Å². The standard InChI is InChI=1S/C20H22FN3O3/c1-2-23(11-14-6-5-7-15(21)10-14)13-19(25)24-12-18(20(22)26)27-17-9-4-3-8-16(17)24/h3-10,18H,2,11-13H2,1H3,(H2,22,26)/t18-/m0/s1. The highest BCUT2D eigenvalue weighted by molar-refractivity contribution is 5.98. The fourth-order valence-corrected chi connectivity index (χ4v) is 3.07. The van der Waals surface area contributed by atoms with Crippen molar-refractivity contribution in [3.63, 3.8) is 0 Å². The molecule has 0 aromatic heterocycles. The summed E-state index contributed by atoms with van der Waals surface area (Å²) in [5, 5.41) is 0. The van der Waals surface area contributed by atoms with E-state index in [4.69, 9.17) is 10.5 Å². The van der Waals surface area contributed by atoms with Gasteiger partial charge in [0.05, 0.1) is 18.8 Å². The molecule has 3 rings (SSSR count). The van der Waals surface area contributed by atoms with Crippen molar-refractivity contribution < 1.29 is 18.7 Å². The Bertz CT molecular complexity index is 843. The van der Waals surface area contributed by atoms with Crippen LogP contribution in [0.4, 0.5) is 10.1 Å². The van der Waals surface area contributed by atoms with Gasteiger partial charge in [0.15, 0.2) is 6.10 Å². The van der Waals surface area contributed by atoms with E-state index in [9.17, 15) is 14.0 Å². The van der Waals surface area contributed by atoms with Gasteiger partial charge in [0.1, 0.15) is 11.6 Å². The molecule has 2 aromatic carbocycles. The van der Waals surface area contributed by atoms with Gasteiger partial charge in [-0.1, -0.05) is 31.2 Å². The molecule has 0 aliphatic carbocycles. The number of benzene rings is 2. The number of hydrogen-bond donors (Lipinski definition) is 1. The van der Waals surface area contributed by atoms with Crippen molar-refractivity contribution in [1.82, 2.24) is 4.90 Å². The Hall–Kier alpha value is -2.93. The highest BCUT2D eigenvalue weighted by Gasteiger charge is 2.32. The van der Waals surface area contributed by atoms with E-state index in [1.807, 2.05) is 17.9 Å². The highest BCUT2D eigenvalue weighted by atomic mass is 19.1. The SMILES string of the molecule is CCN(CC(=O)N1C[C@@H](C(N)=O)Oc2ccccc21)Cc1cccc(F)c1. The van der Waals surface area contributed by atoms with Crippen LogP contribution < -0.4 is 15.4 Å². The first-order chi connectivity index (χ1) is 13.0. The van der Waals surface area contributed by atoms with Crippen molar-refractivity contribution in [3.05, 3.63) is 59.9 Å². The number of nitrogens with zero attached hydrogens (tertiary/aromatic N) is 2. The molecule has 0 saturated carbocycles. The second-order valence-corrected chi connectivity index (χ2v) is 6.41. The number of hydrogen-bond acceptors (Lipinski definition) is 4. The minimum Gasteiger partial charge on any atom is -0.477 e. The van der Waals surface area contributed by atoms with Gasteiger partial charge in [-0.2, -0.15) is 0 Å². The predicted octanol–water partition coefficient (Wildman–Crippen LogP) is 1.93. The summed E-state index contributed by atoms with van der Waals surface area (Å²) in [5.74, 6) is -0.639. The van der Waals surface area contributed by atoms with Gasteiger partial charge in [-0.15, -0.1) is 0 Å². The maximum atomic E-state index is 13.4. The van der Waals surface area contributed by atoms with Gasteiger partial charge in [0.25, 0.3) is 5.91 Å². The van der Waals surface area contributed by atoms with Crippen molar-refractivity contribution in [2.24, 2.45) is 5.73 Å². The first kappa shape index (κ1) is 18.8. The molecule has 6 nitrogen and oxygen atoms in total. The van der Waals surface area contributed by atoms with Gasteiger partial charge in [-0.3, -0.25) is 14.5 Å². The largest absolute Gasteiger partial charge is 0.477 e. The average Bonchev–Trinajstić information content (AvgIpc) is 2.66. The van der Waals surface area contributed by atoms with Gasteiger partial charge in [0.2, 0.25) is 5.91 Å². The summed E-state index contributed by atoms with van der Waals surface area (Å²) >= 11 is 0. The third kappa shape index (κ3) is 4.43. The molecule has 1 aliphatic rings. The number of anilines is 1. The Morgan fingerprint density at radius 1 is 1.26 bits per heavy atom. The lowest BCUT2D eigenvalue weighted by Crippen LogP contribution is -2.51. The van der Waals surface area contributed by atoms with Crippen LogP contribution in [0.15, 0.2) is 48.5 Å². The van der Waals surface area contributed by atoms with Crippen molar-refractivity contribution in [3.8, 4) is 5.75 Å². The monoisotopic (exact) mass is 371 g/mol. The molecule has 2 aromatic rings. The number of primary amides is 1. The Labute approximate surface area is 157 Å². The molecular weight excluding hydrogens is 349 g/mol. The summed E-state index contributed by atoms with van der Waals surface area (Å²) in [7, 11) is 0. The summed E-state index contributed by atoms with van der Waals surface area (Å²) in [5.41, 5.74) is 6.79. The van der Waals surface area contributed by atoms with Crippen LogP contribution in [0.25, 0.3) is 0 Å². The number of likely N-dealkylation sites (N-methyl/N-ethyl adjacent to an activating group) is 1. The van der Waals surface area contributed by atoms with Crippen molar-refractivity contribution >= 4 is 17.5 Å². The number of halogens is 1. The van der Waals surface area contributed by atoms with E-state index < -0.39 is 12.0 Å². The van der Waals surface area contributed by atoms with Gasteiger partial charge in [0, 0.05) is 6.54 Å². The summed E-state index contributed by atoms with van der Waals surface area (Å²) < 4.78 is 19.0. The zero-order valence-corrected chi connectivity index (χ0v) is 15.1. The van der Waals surface area contributed by atoms with Crippen LogP contribution in [0, 0.1) is 5.82 Å². The molecule has 2 amide bonds. The van der Waals surface area contributed by atoms with E-state index >= 15 is 0 Å². The first-order valence-corrected chi connectivity index (χ1v) is 8.80. The zero-order valence-electron chi connectivity index (χ0n) is 15.1. The molecule has 0 bridgehead atoms. The molecule has 0 unspecified atom stereocenters. The van der Waals surface area contributed by atoms with Crippen LogP contribution in [0.2, 0.25) is 0 Å². The molecule has 1 atom stereocenters. The molecule has 1 aliphatic heterocycles. The second kappa shape index (κ2) is 8.18. The van der Waals surface area contributed by atoms with Crippen LogP contribution in [-0.2, 0) is 16.1 Å². The highest BCUT2D eigenvalue weighted by Crippen LogP contribution is 2.33. The minimum absolute atomic E-state index is 0.0721. The van der Waals surface area contributed by atoms with Crippen LogP contribution in [0.3, 0.4) is 0 Å². The average molecular weight is 371 g/mol. The molecule has 0 saturated heterocycles. The lowest BCUT2D eigenvalue weighted by atomic mass is 10.1. The Morgan fingerprint density at radius 2 is 2.04 bits per heavy atom. The summed E-state index contributed by atoms with van der Waals surface area (Å²) in [4.78, 5) is 28.0. The Kier molecular flexibility index (Phi) is 5.71. The number of carbonyl (C=O) groups is 2. The molecule has 0 fully saturated rings. The molecule has 0 spiro atoms. The van der Waals surface area contributed by atoms with E-state index in [1.54, 1.807) is 30.3 Å². The fraction of sp³-hybridized carbons (Fsp3) is 0.300. The zero-order chi connectivity index (χ0) is 19.4. The van der Waals surface area contributed by atoms with E-state index in [1.165, 1.54) is 17.0 Å². The van der Waals surface area contributed by atoms with Gasteiger partial charge in [-0.25, -0.2) is 4.39 Å². The van der Waals surface area contributed by atoms with Crippen LogP contribution in [0.5, 0.6) is 5.75 Å². The lowest BCUT2D eigenvalue weighted by Gasteiger charge is -2.34. The minimum atomic E-state index is -0.887. The number of ether oxygens (including phenoxy) is 1. The quantitative estimate of drug-likeness (QED) is 0.842. The third-order valence-electron chi connectivity index (χ3n) is 4.49. The van der Waals surface area contributed by atoms with Crippen molar-refractivity contribution in [1.29, 1.82) is 0 Å². The lowest BCUT2D eigenvalue weighted by molar-refractivity contribution is -0.125. The molecule has 2 N–H and O–H groups in total. The second-order valence-electron chi connectivity index (χ2n) is 6.41. The van der Waals surface area contributed by atoms with E-state index in [0.717, 1.165) is 5.56 Å². The molecule has 7 heteroatoms. The topological polar surface area (TPSA) is 75.9 Å². The summed E-state index contributed by atoms with van der Waals surface area (Å²) in [6, 6.07) is 13.4. The summed E-state index contributed by atoms with van der Waals surface area (Å²) in [6.07, 6.45) is -0.887. The number of rotatable bonds is 6. The smallest absolute Gasteiger partial charge is 0.260 e. The number of fused-ring (bicyclic) bond motifs is 1. The normalized spacial score (nSPS) is 16.0. The first-order valence-electron chi connectivity index (χ1n) is 8.80. The van der Waals surface area contributed by atoms with Gasteiger partial charge < -0.3 is 15.4 Å². The van der Waals surface area contributed by atoms with E-state index in [-0.39, 0.29) is 24.8 Å². The number of nitrogens with two attached hydrogens (primary N) is 1. The fourth-order valence-electron chi connectivity index (χ4n) is 3.07. The number of para-hydroxylation sites is 2. The summed E-state index contributed by atoms with van der Waals surface area (Å²) in [6.45, 7) is 3.21. The van der Waals surface area contributed by atoms with Crippen molar-refractivity contribution in [2.75, 3.05) is 24.5 Å². The van der Waals surface area contributed by atoms with Gasteiger partial charge >= 0.3 is 0 Å². The van der Waals surface area contributed by atoms with E-state index in [0.29, 0.717) is 24.5 Å². The third-order valence-corrected chi connectivity index (χ3v) is 4.49. The molecule has 0 radical (unpaired) electrons. The molecular formula is C20H22FN3O3. The number of amides is 2. The van der Waals surface area contributed by atoms with Gasteiger partial charge in [-0.05, 0) is 36.4 Å². The maximum Gasteiger partial charge on any atom is 0.260 e. The van der Waals surface area contributed by atoms with Crippen LogP contribution >= 0.6 is 0 Å². The number of carbonyl (C=O) groups excluding carboxylic acids is 2. The Morgan fingerprint density at radius 3 is 2.74 bits per heavy atom. The van der Waals surface area contributed by atoms with E-state index in [2.05, 4.69) is 0 Å². The maximum absolute atomic E-state index is 13.4. The van der Waals surface area contributed by atoms with Crippen molar-refractivity contribution in [2.45, 2.75) is 19.6 Å². The van der Waals surface area contributed by atoms with Crippen LogP contribution in [-0.4, -0.2) is 42.5 Å².